The van der Waals surface area contributed by atoms with Crippen LogP contribution in [0.15, 0.2) is 5.16 Å². The van der Waals surface area contributed by atoms with Gasteiger partial charge < -0.3 is 10.9 Å². The van der Waals surface area contributed by atoms with Gasteiger partial charge in [-0.1, -0.05) is 31.8 Å². The van der Waals surface area contributed by atoms with E-state index < -0.39 is 0 Å². The first-order chi connectivity index (χ1) is 4.72. The van der Waals surface area contributed by atoms with Crippen molar-refractivity contribution in [1.29, 1.82) is 0 Å². The Morgan fingerprint density at radius 2 is 2.30 bits per heavy atom. The second-order valence-electron chi connectivity index (χ2n) is 2.57. The first-order valence-electron chi connectivity index (χ1n) is 3.69. The lowest BCUT2D eigenvalue weighted by atomic mass is 10.0. The highest BCUT2D eigenvalue weighted by Gasteiger charge is 2.05. The third-order valence-corrected chi connectivity index (χ3v) is 1.61. The summed E-state index contributed by atoms with van der Waals surface area (Å²) in [5, 5.41) is 11.2. The van der Waals surface area contributed by atoms with E-state index in [0.29, 0.717) is 5.84 Å². The molecule has 0 rings (SSSR count). The van der Waals surface area contributed by atoms with Gasteiger partial charge in [0, 0.05) is 5.92 Å². The predicted molar refractivity (Wildman–Crippen MR) is 42.1 cm³/mol. The maximum atomic E-state index is 8.27. The molecular formula is C7H16N2O. The Morgan fingerprint density at radius 3 is 2.70 bits per heavy atom. The fraction of sp³-hybridized carbons (Fsp3) is 0.857. The lowest BCUT2D eigenvalue weighted by molar-refractivity contribution is 0.313. The minimum absolute atomic E-state index is 0.213. The number of amidine groups is 1. The van der Waals surface area contributed by atoms with E-state index in [1.165, 1.54) is 0 Å². The van der Waals surface area contributed by atoms with Crippen LogP contribution in [0.25, 0.3) is 0 Å². The van der Waals surface area contributed by atoms with Gasteiger partial charge in [-0.25, -0.2) is 0 Å². The van der Waals surface area contributed by atoms with Crippen molar-refractivity contribution in [3.05, 3.63) is 0 Å². The smallest absolute Gasteiger partial charge is 0.141 e. The Morgan fingerprint density at radius 1 is 1.70 bits per heavy atom. The van der Waals surface area contributed by atoms with Gasteiger partial charge in [0.25, 0.3) is 0 Å². The number of hydrogen-bond donors (Lipinski definition) is 2. The number of hydrogen-bond acceptors (Lipinski definition) is 2. The normalized spacial score (nSPS) is 15.2. The van der Waals surface area contributed by atoms with Crippen molar-refractivity contribution < 1.29 is 5.21 Å². The van der Waals surface area contributed by atoms with Crippen molar-refractivity contribution in [2.24, 2.45) is 16.8 Å². The molecule has 0 amide bonds. The van der Waals surface area contributed by atoms with Crippen LogP contribution in [0.3, 0.4) is 0 Å². The van der Waals surface area contributed by atoms with Crippen molar-refractivity contribution in [1.82, 2.24) is 0 Å². The molecule has 1 unspecified atom stereocenters. The van der Waals surface area contributed by atoms with Gasteiger partial charge in [0.1, 0.15) is 5.84 Å². The molecule has 1 atom stereocenters. The summed E-state index contributed by atoms with van der Waals surface area (Å²) in [5.74, 6) is 0.554. The summed E-state index contributed by atoms with van der Waals surface area (Å²) in [6, 6.07) is 0. The number of nitrogens with zero attached hydrogens (tertiary/aromatic N) is 1. The summed E-state index contributed by atoms with van der Waals surface area (Å²) in [6.07, 6.45) is 3.30. The number of unbranched alkanes of at least 4 members (excludes halogenated alkanes) is 1. The predicted octanol–water partition coefficient (Wildman–Crippen LogP) is 1.56. The highest BCUT2D eigenvalue weighted by molar-refractivity contribution is 5.81. The SMILES string of the molecule is CCCCC(C)/C(N)=N/O. The molecule has 0 aliphatic carbocycles. The first-order valence-corrected chi connectivity index (χ1v) is 3.69. The highest BCUT2D eigenvalue weighted by Crippen LogP contribution is 2.06. The van der Waals surface area contributed by atoms with Crippen molar-refractivity contribution in [3.63, 3.8) is 0 Å². The fourth-order valence-electron chi connectivity index (χ4n) is 0.757. The number of nitrogens with two attached hydrogens (primary N) is 1. The minimum atomic E-state index is 0.213. The molecule has 3 N–H and O–H groups in total. The van der Waals surface area contributed by atoms with E-state index in [9.17, 15) is 0 Å². The van der Waals surface area contributed by atoms with Gasteiger partial charge >= 0.3 is 0 Å². The van der Waals surface area contributed by atoms with E-state index in [4.69, 9.17) is 10.9 Å². The standard InChI is InChI=1S/C7H16N2O/c1-3-4-5-6(2)7(8)9-10/h6,10H,3-5H2,1-2H3,(H2,8,9). The number of rotatable bonds is 4. The van der Waals surface area contributed by atoms with Crippen LogP contribution in [0.2, 0.25) is 0 Å². The van der Waals surface area contributed by atoms with Crippen LogP contribution in [0.4, 0.5) is 0 Å². The van der Waals surface area contributed by atoms with E-state index in [1.54, 1.807) is 0 Å². The molecule has 0 spiro atoms. The zero-order valence-corrected chi connectivity index (χ0v) is 6.67. The molecule has 0 radical (unpaired) electrons. The molecule has 3 nitrogen and oxygen atoms in total. The molecule has 0 saturated carbocycles. The Hall–Kier alpha value is -0.730. The Balaban J connectivity index is 3.51. The molecule has 10 heavy (non-hydrogen) atoms. The molecule has 0 aromatic carbocycles. The maximum Gasteiger partial charge on any atom is 0.141 e. The van der Waals surface area contributed by atoms with Crippen LogP contribution in [0.5, 0.6) is 0 Å². The summed E-state index contributed by atoms with van der Waals surface area (Å²) in [7, 11) is 0. The van der Waals surface area contributed by atoms with E-state index >= 15 is 0 Å². The van der Waals surface area contributed by atoms with Crippen molar-refractivity contribution in [2.45, 2.75) is 33.1 Å². The minimum Gasteiger partial charge on any atom is -0.409 e. The molecule has 60 valence electrons. The van der Waals surface area contributed by atoms with Crippen molar-refractivity contribution in [3.8, 4) is 0 Å². The highest BCUT2D eigenvalue weighted by atomic mass is 16.4. The van der Waals surface area contributed by atoms with Gasteiger partial charge in [-0.15, -0.1) is 0 Å². The fourth-order valence-corrected chi connectivity index (χ4v) is 0.757. The Kier molecular flexibility index (Phi) is 4.72. The maximum absolute atomic E-state index is 8.27. The van der Waals surface area contributed by atoms with E-state index in [0.717, 1.165) is 19.3 Å². The number of oxime groups is 1. The van der Waals surface area contributed by atoms with Crippen LogP contribution in [-0.4, -0.2) is 11.0 Å². The molecule has 0 fully saturated rings. The molecule has 0 aromatic heterocycles. The average Bonchev–Trinajstić information content (AvgIpc) is 1.98. The summed E-state index contributed by atoms with van der Waals surface area (Å²) >= 11 is 0. The second kappa shape index (κ2) is 5.09. The topological polar surface area (TPSA) is 58.6 Å². The van der Waals surface area contributed by atoms with Gasteiger partial charge in [-0.05, 0) is 6.42 Å². The van der Waals surface area contributed by atoms with Crippen LogP contribution >= 0.6 is 0 Å². The molecule has 0 aliphatic rings. The van der Waals surface area contributed by atoms with Gasteiger partial charge in [0.2, 0.25) is 0 Å². The molecule has 0 aliphatic heterocycles. The van der Waals surface area contributed by atoms with Crippen LogP contribution in [-0.2, 0) is 0 Å². The third kappa shape index (κ3) is 3.33. The average molecular weight is 144 g/mol. The zero-order chi connectivity index (χ0) is 7.98. The summed E-state index contributed by atoms with van der Waals surface area (Å²) in [4.78, 5) is 0. The largest absolute Gasteiger partial charge is 0.409 e. The summed E-state index contributed by atoms with van der Waals surface area (Å²) in [6.45, 7) is 4.09. The van der Waals surface area contributed by atoms with Crippen molar-refractivity contribution in [2.75, 3.05) is 0 Å². The van der Waals surface area contributed by atoms with E-state index in [-0.39, 0.29) is 5.92 Å². The molecule has 0 aromatic rings. The van der Waals surface area contributed by atoms with Crippen LogP contribution < -0.4 is 5.73 Å². The van der Waals surface area contributed by atoms with E-state index in [1.807, 2.05) is 6.92 Å². The lowest BCUT2D eigenvalue weighted by Gasteiger charge is -2.06. The Labute approximate surface area is 61.9 Å². The lowest BCUT2D eigenvalue weighted by Crippen LogP contribution is -2.20. The molecule has 3 heteroatoms. The van der Waals surface area contributed by atoms with Crippen molar-refractivity contribution >= 4 is 5.84 Å². The Bertz CT molecular complexity index is 112. The van der Waals surface area contributed by atoms with E-state index in [2.05, 4.69) is 12.1 Å². The summed E-state index contributed by atoms with van der Waals surface area (Å²) in [5.41, 5.74) is 5.36. The molecule has 0 saturated heterocycles. The molecule has 0 bridgehead atoms. The molecular weight excluding hydrogens is 128 g/mol. The summed E-state index contributed by atoms with van der Waals surface area (Å²) < 4.78 is 0. The monoisotopic (exact) mass is 144 g/mol. The van der Waals surface area contributed by atoms with Gasteiger partial charge in [0.15, 0.2) is 0 Å². The second-order valence-corrected chi connectivity index (χ2v) is 2.57. The quantitative estimate of drug-likeness (QED) is 0.272. The van der Waals surface area contributed by atoms with Gasteiger partial charge in [-0.3, -0.25) is 0 Å². The third-order valence-electron chi connectivity index (χ3n) is 1.61. The van der Waals surface area contributed by atoms with Crippen LogP contribution in [0.1, 0.15) is 33.1 Å². The van der Waals surface area contributed by atoms with Gasteiger partial charge in [0.05, 0.1) is 0 Å². The first kappa shape index (κ1) is 9.27. The van der Waals surface area contributed by atoms with Gasteiger partial charge in [-0.2, -0.15) is 0 Å². The molecule has 0 heterocycles. The van der Waals surface area contributed by atoms with Crippen LogP contribution in [0, 0.1) is 5.92 Å². The zero-order valence-electron chi connectivity index (χ0n) is 6.67.